The third kappa shape index (κ3) is 2.32. The number of nitrogens with zero attached hydrogens (tertiary/aromatic N) is 2. The maximum Gasteiger partial charge on any atom is 0.223 e. The highest BCUT2D eigenvalue weighted by molar-refractivity contribution is 5.02. The van der Waals surface area contributed by atoms with Crippen LogP contribution in [-0.2, 0) is 5.54 Å². The normalized spacial score (nSPS) is 15.4. The van der Waals surface area contributed by atoms with E-state index in [0.29, 0.717) is 11.7 Å². The van der Waals surface area contributed by atoms with Crippen LogP contribution in [0.25, 0.3) is 0 Å². The highest BCUT2D eigenvalue weighted by Gasteiger charge is 2.29. The molecule has 0 spiro atoms. The lowest BCUT2D eigenvalue weighted by atomic mass is 9.90. The van der Waals surface area contributed by atoms with Crippen LogP contribution >= 0.6 is 0 Å². The Bertz CT molecular complexity index is 285. The molecule has 0 aliphatic heterocycles. The van der Waals surface area contributed by atoms with E-state index in [1.807, 2.05) is 0 Å². The highest BCUT2D eigenvalue weighted by Crippen LogP contribution is 2.25. The smallest absolute Gasteiger partial charge is 0.223 e. The first-order valence-electron chi connectivity index (χ1n) is 5.22. The molecule has 1 unspecified atom stereocenters. The zero-order valence-electron chi connectivity index (χ0n) is 9.21. The molecule has 0 aliphatic rings. The summed E-state index contributed by atoms with van der Waals surface area (Å²) in [5.74, 6) is 1.23. The van der Waals surface area contributed by atoms with Crippen molar-refractivity contribution in [2.45, 2.75) is 52.0 Å². The second-order valence-corrected chi connectivity index (χ2v) is 3.75. The number of aryl methyl sites for hydroxylation is 1. The molecule has 0 saturated heterocycles. The molecule has 0 aliphatic carbocycles. The van der Waals surface area contributed by atoms with Crippen molar-refractivity contribution < 1.29 is 4.52 Å². The first-order chi connectivity index (χ1) is 6.62. The summed E-state index contributed by atoms with van der Waals surface area (Å²) in [4.78, 5) is 4.20. The molecule has 1 aromatic heterocycles. The molecule has 0 bridgehead atoms. The van der Waals surface area contributed by atoms with E-state index in [9.17, 15) is 0 Å². The Morgan fingerprint density at radius 1 is 1.43 bits per heavy atom. The predicted octanol–water partition coefficient (Wildman–Crippen LogP) is 2.13. The zero-order chi connectivity index (χ0) is 10.6. The summed E-state index contributed by atoms with van der Waals surface area (Å²) in [5, 5.41) is 3.90. The van der Waals surface area contributed by atoms with E-state index < -0.39 is 5.54 Å². The standard InChI is InChI=1S/C10H19N3O/c1-4-6-7-10(11,5-2)9-12-8(3)14-13-9/h4-7,11H2,1-3H3. The van der Waals surface area contributed by atoms with Crippen LogP contribution in [0.1, 0.15) is 51.2 Å². The van der Waals surface area contributed by atoms with E-state index in [0.717, 1.165) is 25.7 Å². The van der Waals surface area contributed by atoms with Gasteiger partial charge in [0.1, 0.15) is 0 Å². The van der Waals surface area contributed by atoms with Gasteiger partial charge < -0.3 is 10.3 Å². The molecule has 4 nitrogen and oxygen atoms in total. The molecule has 14 heavy (non-hydrogen) atoms. The molecular formula is C10H19N3O. The molecule has 1 aromatic rings. The van der Waals surface area contributed by atoms with Crippen molar-refractivity contribution >= 4 is 0 Å². The Hall–Kier alpha value is -0.900. The van der Waals surface area contributed by atoms with Crippen molar-refractivity contribution in [1.29, 1.82) is 0 Å². The number of hydrogen-bond donors (Lipinski definition) is 1. The van der Waals surface area contributed by atoms with Crippen molar-refractivity contribution in [1.82, 2.24) is 10.1 Å². The summed E-state index contributed by atoms with van der Waals surface area (Å²) in [6.45, 7) is 5.99. The third-order valence-corrected chi connectivity index (χ3v) is 2.58. The van der Waals surface area contributed by atoms with Crippen molar-refractivity contribution in [2.24, 2.45) is 5.73 Å². The van der Waals surface area contributed by atoms with Gasteiger partial charge in [-0.25, -0.2) is 0 Å². The molecule has 0 fully saturated rings. The van der Waals surface area contributed by atoms with Crippen LogP contribution in [0, 0.1) is 6.92 Å². The third-order valence-electron chi connectivity index (χ3n) is 2.58. The SMILES string of the molecule is CCCCC(N)(CC)c1noc(C)n1. The maximum absolute atomic E-state index is 6.23. The van der Waals surface area contributed by atoms with Gasteiger partial charge in [-0.2, -0.15) is 4.98 Å². The Morgan fingerprint density at radius 3 is 2.57 bits per heavy atom. The average Bonchev–Trinajstić information content (AvgIpc) is 2.62. The van der Waals surface area contributed by atoms with E-state index in [1.54, 1.807) is 6.92 Å². The molecule has 0 radical (unpaired) electrons. The Morgan fingerprint density at radius 2 is 2.14 bits per heavy atom. The largest absolute Gasteiger partial charge is 0.340 e. The Balaban J connectivity index is 2.78. The topological polar surface area (TPSA) is 64.9 Å². The van der Waals surface area contributed by atoms with Crippen LogP contribution < -0.4 is 5.73 Å². The van der Waals surface area contributed by atoms with E-state index in [1.165, 1.54) is 0 Å². The molecule has 0 aromatic carbocycles. The Kier molecular flexibility index (Phi) is 3.63. The summed E-state index contributed by atoms with van der Waals surface area (Å²) in [6, 6.07) is 0. The van der Waals surface area contributed by atoms with E-state index >= 15 is 0 Å². The van der Waals surface area contributed by atoms with Crippen molar-refractivity contribution in [3.63, 3.8) is 0 Å². The Labute approximate surface area is 84.9 Å². The van der Waals surface area contributed by atoms with Gasteiger partial charge in [0, 0.05) is 6.92 Å². The quantitative estimate of drug-likeness (QED) is 0.785. The summed E-state index contributed by atoms with van der Waals surface area (Å²) < 4.78 is 4.95. The number of aromatic nitrogens is 2. The predicted molar refractivity (Wildman–Crippen MR) is 54.7 cm³/mol. The number of rotatable bonds is 5. The fraction of sp³-hybridized carbons (Fsp3) is 0.800. The summed E-state index contributed by atoms with van der Waals surface area (Å²) in [5.41, 5.74) is 5.82. The molecule has 1 heterocycles. The van der Waals surface area contributed by atoms with Crippen LogP contribution in [0.15, 0.2) is 4.52 Å². The number of unbranched alkanes of at least 4 members (excludes halogenated alkanes) is 1. The second-order valence-electron chi connectivity index (χ2n) is 3.75. The minimum absolute atomic E-state index is 0.409. The summed E-state index contributed by atoms with van der Waals surface area (Å²) >= 11 is 0. The fourth-order valence-electron chi connectivity index (χ4n) is 1.44. The van der Waals surface area contributed by atoms with Gasteiger partial charge in [0.2, 0.25) is 5.89 Å². The first-order valence-corrected chi connectivity index (χ1v) is 5.22. The van der Waals surface area contributed by atoms with Crippen LogP contribution in [-0.4, -0.2) is 10.1 Å². The highest BCUT2D eigenvalue weighted by atomic mass is 16.5. The molecule has 2 N–H and O–H groups in total. The zero-order valence-corrected chi connectivity index (χ0v) is 9.21. The van der Waals surface area contributed by atoms with Gasteiger partial charge in [0.25, 0.3) is 0 Å². The maximum atomic E-state index is 6.23. The van der Waals surface area contributed by atoms with Crippen LogP contribution in [0.4, 0.5) is 0 Å². The van der Waals surface area contributed by atoms with Gasteiger partial charge in [-0.05, 0) is 12.8 Å². The average molecular weight is 197 g/mol. The molecule has 0 saturated carbocycles. The number of hydrogen-bond acceptors (Lipinski definition) is 4. The lowest BCUT2D eigenvalue weighted by Gasteiger charge is -2.23. The lowest BCUT2D eigenvalue weighted by molar-refractivity contribution is 0.326. The molecule has 0 amide bonds. The van der Waals surface area contributed by atoms with Crippen LogP contribution in [0.3, 0.4) is 0 Å². The van der Waals surface area contributed by atoms with Gasteiger partial charge in [-0.3, -0.25) is 0 Å². The van der Waals surface area contributed by atoms with E-state index in [2.05, 4.69) is 24.0 Å². The van der Waals surface area contributed by atoms with Crippen LogP contribution in [0.5, 0.6) is 0 Å². The van der Waals surface area contributed by atoms with Gasteiger partial charge in [0.15, 0.2) is 5.82 Å². The van der Waals surface area contributed by atoms with Crippen molar-refractivity contribution in [2.75, 3.05) is 0 Å². The van der Waals surface area contributed by atoms with Gasteiger partial charge in [-0.15, -0.1) is 0 Å². The summed E-state index contributed by atoms with van der Waals surface area (Å²) in [6.07, 6.45) is 3.98. The minimum Gasteiger partial charge on any atom is -0.340 e. The minimum atomic E-state index is -0.409. The van der Waals surface area contributed by atoms with Gasteiger partial charge in [-0.1, -0.05) is 31.8 Å². The van der Waals surface area contributed by atoms with Gasteiger partial charge >= 0.3 is 0 Å². The monoisotopic (exact) mass is 197 g/mol. The van der Waals surface area contributed by atoms with E-state index in [-0.39, 0.29) is 0 Å². The first kappa shape index (κ1) is 11.2. The molecule has 80 valence electrons. The second kappa shape index (κ2) is 4.55. The van der Waals surface area contributed by atoms with Crippen molar-refractivity contribution in [3.05, 3.63) is 11.7 Å². The summed E-state index contributed by atoms with van der Waals surface area (Å²) in [7, 11) is 0. The lowest BCUT2D eigenvalue weighted by Crippen LogP contribution is -2.37. The molecule has 4 heteroatoms. The molecule has 1 rings (SSSR count). The van der Waals surface area contributed by atoms with Crippen LogP contribution in [0.2, 0.25) is 0 Å². The molecular weight excluding hydrogens is 178 g/mol. The van der Waals surface area contributed by atoms with Gasteiger partial charge in [0.05, 0.1) is 5.54 Å². The fourth-order valence-corrected chi connectivity index (χ4v) is 1.44. The van der Waals surface area contributed by atoms with Crippen molar-refractivity contribution in [3.8, 4) is 0 Å². The van der Waals surface area contributed by atoms with E-state index in [4.69, 9.17) is 10.3 Å². The number of nitrogens with two attached hydrogens (primary N) is 1. The molecule has 1 atom stereocenters.